The highest BCUT2D eigenvalue weighted by atomic mass is 19.3. The number of rotatable bonds is 6. The number of hydrogen-bond donors (Lipinski definition) is 0. The topological polar surface area (TPSA) is 59.3 Å². The molecule has 6 heteroatoms. The Morgan fingerprint density at radius 3 is 2.78 bits per heavy atom. The monoisotopic (exact) mass is 255 g/mol. The van der Waals surface area contributed by atoms with E-state index in [0.29, 0.717) is 6.42 Å². The first-order valence-electron chi connectivity index (χ1n) is 5.23. The third kappa shape index (κ3) is 4.37. The SMILES string of the molecule is N#CCCCOC(=O)c1ccccc1OC(F)F. The molecule has 0 atom stereocenters. The zero-order valence-corrected chi connectivity index (χ0v) is 9.44. The molecule has 0 aliphatic carbocycles. The average Bonchev–Trinajstić information content (AvgIpc) is 2.34. The maximum atomic E-state index is 12.1. The van der Waals surface area contributed by atoms with Crippen LogP contribution in [0.4, 0.5) is 8.78 Å². The highest BCUT2D eigenvalue weighted by molar-refractivity contribution is 5.92. The molecule has 0 aliphatic heterocycles. The Bertz CT molecular complexity index is 443. The lowest BCUT2D eigenvalue weighted by atomic mass is 10.2. The van der Waals surface area contributed by atoms with Crippen molar-refractivity contribution in [3.05, 3.63) is 29.8 Å². The molecular weight excluding hydrogens is 244 g/mol. The highest BCUT2D eigenvalue weighted by Crippen LogP contribution is 2.21. The third-order valence-corrected chi connectivity index (χ3v) is 1.99. The number of para-hydroxylation sites is 1. The second-order valence-electron chi connectivity index (χ2n) is 3.27. The van der Waals surface area contributed by atoms with E-state index in [0.717, 1.165) is 0 Å². The Hall–Kier alpha value is -2.16. The number of nitriles is 1. The molecule has 4 nitrogen and oxygen atoms in total. The molecule has 0 aliphatic rings. The number of carbonyl (C=O) groups is 1. The van der Waals surface area contributed by atoms with Crippen molar-refractivity contribution >= 4 is 5.97 Å². The van der Waals surface area contributed by atoms with Crippen molar-refractivity contribution in [1.29, 1.82) is 5.26 Å². The van der Waals surface area contributed by atoms with Gasteiger partial charge in [-0.3, -0.25) is 0 Å². The van der Waals surface area contributed by atoms with Crippen molar-refractivity contribution in [2.75, 3.05) is 6.61 Å². The lowest BCUT2D eigenvalue weighted by Gasteiger charge is -2.09. The van der Waals surface area contributed by atoms with E-state index in [2.05, 4.69) is 4.74 Å². The van der Waals surface area contributed by atoms with Crippen LogP contribution in [0.2, 0.25) is 0 Å². The minimum Gasteiger partial charge on any atom is -0.462 e. The molecule has 0 saturated heterocycles. The summed E-state index contributed by atoms with van der Waals surface area (Å²) in [6.07, 6.45) is 0.669. The molecule has 1 aromatic carbocycles. The smallest absolute Gasteiger partial charge is 0.387 e. The van der Waals surface area contributed by atoms with Crippen LogP contribution >= 0.6 is 0 Å². The van der Waals surface area contributed by atoms with E-state index in [1.54, 1.807) is 0 Å². The fourth-order valence-corrected chi connectivity index (χ4v) is 1.23. The summed E-state index contributed by atoms with van der Waals surface area (Å²) in [5.41, 5.74) is -0.0604. The van der Waals surface area contributed by atoms with Crippen LogP contribution in [0.15, 0.2) is 24.3 Å². The molecular formula is C12H11F2NO3. The Balaban J connectivity index is 2.64. The van der Waals surface area contributed by atoms with Crippen molar-refractivity contribution in [2.24, 2.45) is 0 Å². The van der Waals surface area contributed by atoms with Gasteiger partial charge in [0, 0.05) is 6.42 Å². The molecule has 96 valence electrons. The van der Waals surface area contributed by atoms with Crippen LogP contribution in [0.3, 0.4) is 0 Å². The molecule has 0 amide bonds. The zero-order chi connectivity index (χ0) is 13.4. The van der Waals surface area contributed by atoms with E-state index in [1.165, 1.54) is 24.3 Å². The van der Waals surface area contributed by atoms with Gasteiger partial charge >= 0.3 is 12.6 Å². The first-order chi connectivity index (χ1) is 8.65. The minimum absolute atomic E-state index is 0.0604. The number of halogens is 2. The average molecular weight is 255 g/mol. The summed E-state index contributed by atoms with van der Waals surface area (Å²) in [7, 11) is 0. The number of carbonyl (C=O) groups excluding carboxylic acids is 1. The predicted molar refractivity (Wildman–Crippen MR) is 58.2 cm³/mol. The molecule has 1 aromatic rings. The van der Waals surface area contributed by atoms with Gasteiger partial charge in [0.05, 0.1) is 12.7 Å². The molecule has 0 saturated carbocycles. The van der Waals surface area contributed by atoms with Crippen LogP contribution in [0.25, 0.3) is 0 Å². The van der Waals surface area contributed by atoms with Crippen molar-refractivity contribution in [3.63, 3.8) is 0 Å². The maximum Gasteiger partial charge on any atom is 0.387 e. The summed E-state index contributed by atoms with van der Waals surface area (Å²) in [6, 6.07) is 7.50. The summed E-state index contributed by atoms with van der Waals surface area (Å²) >= 11 is 0. The normalized spacial score (nSPS) is 9.89. The number of unbranched alkanes of at least 4 members (excludes halogenated alkanes) is 1. The van der Waals surface area contributed by atoms with Gasteiger partial charge in [0.25, 0.3) is 0 Å². The fraction of sp³-hybridized carbons (Fsp3) is 0.333. The summed E-state index contributed by atoms with van der Waals surface area (Å²) in [5.74, 6) is -0.970. The number of benzene rings is 1. The van der Waals surface area contributed by atoms with Crippen molar-refractivity contribution in [2.45, 2.75) is 19.5 Å². The first-order valence-corrected chi connectivity index (χ1v) is 5.23. The van der Waals surface area contributed by atoms with Gasteiger partial charge in [-0.15, -0.1) is 0 Å². The number of nitrogens with zero attached hydrogens (tertiary/aromatic N) is 1. The first kappa shape index (κ1) is 13.9. The molecule has 0 radical (unpaired) electrons. The van der Waals surface area contributed by atoms with E-state index in [1.807, 2.05) is 6.07 Å². The van der Waals surface area contributed by atoms with E-state index in [-0.39, 0.29) is 24.3 Å². The van der Waals surface area contributed by atoms with Crippen LogP contribution in [-0.4, -0.2) is 19.2 Å². The Morgan fingerprint density at radius 1 is 1.39 bits per heavy atom. The van der Waals surface area contributed by atoms with Gasteiger partial charge in [-0.05, 0) is 18.6 Å². The van der Waals surface area contributed by atoms with Gasteiger partial charge in [0.15, 0.2) is 0 Å². The lowest BCUT2D eigenvalue weighted by molar-refractivity contribution is -0.0504. The quantitative estimate of drug-likeness (QED) is 0.579. The number of esters is 1. The lowest BCUT2D eigenvalue weighted by Crippen LogP contribution is -2.11. The van der Waals surface area contributed by atoms with Gasteiger partial charge in [-0.2, -0.15) is 14.0 Å². The van der Waals surface area contributed by atoms with Crippen LogP contribution in [0, 0.1) is 11.3 Å². The molecule has 0 bridgehead atoms. The summed E-state index contributed by atoms with van der Waals surface area (Å²) < 4.78 is 33.3. The molecule has 0 heterocycles. The Labute approximate surface area is 103 Å². The molecule has 0 unspecified atom stereocenters. The number of hydrogen-bond acceptors (Lipinski definition) is 4. The van der Waals surface area contributed by atoms with Crippen molar-refractivity contribution in [1.82, 2.24) is 0 Å². The number of alkyl halides is 2. The Kier molecular flexibility index (Phi) is 5.58. The largest absolute Gasteiger partial charge is 0.462 e. The van der Waals surface area contributed by atoms with Gasteiger partial charge in [-0.25, -0.2) is 4.79 Å². The van der Waals surface area contributed by atoms with Gasteiger partial charge in [-0.1, -0.05) is 12.1 Å². The molecule has 0 fully saturated rings. The molecule has 0 spiro atoms. The van der Waals surface area contributed by atoms with Crippen LogP contribution < -0.4 is 4.74 Å². The number of ether oxygens (including phenoxy) is 2. The summed E-state index contributed by atoms with van der Waals surface area (Å²) in [6.45, 7) is -2.94. The van der Waals surface area contributed by atoms with Gasteiger partial charge in [0.1, 0.15) is 11.3 Å². The van der Waals surface area contributed by atoms with Gasteiger partial charge < -0.3 is 9.47 Å². The predicted octanol–water partition coefficient (Wildman–Crippen LogP) is 2.75. The molecule has 1 rings (SSSR count). The van der Waals surface area contributed by atoms with E-state index in [9.17, 15) is 13.6 Å². The van der Waals surface area contributed by atoms with Crippen LogP contribution in [0.5, 0.6) is 5.75 Å². The summed E-state index contributed by atoms with van der Waals surface area (Å²) in [4.78, 5) is 11.6. The van der Waals surface area contributed by atoms with Crippen LogP contribution in [0.1, 0.15) is 23.2 Å². The van der Waals surface area contributed by atoms with E-state index >= 15 is 0 Å². The Morgan fingerprint density at radius 2 is 2.11 bits per heavy atom. The van der Waals surface area contributed by atoms with Crippen molar-refractivity contribution in [3.8, 4) is 11.8 Å². The second kappa shape index (κ2) is 7.22. The highest BCUT2D eigenvalue weighted by Gasteiger charge is 2.16. The van der Waals surface area contributed by atoms with Crippen LogP contribution in [-0.2, 0) is 4.74 Å². The van der Waals surface area contributed by atoms with Crippen molar-refractivity contribution < 1.29 is 23.0 Å². The van der Waals surface area contributed by atoms with Gasteiger partial charge in [0.2, 0.25) is 0 Å². The fourth-order valence-electron chi connectivity index (χ4n) is 1.23. The second-order valence-corrected chi connectivity index (χ2v) is 3.27. The minimum atomic E-state index is -3.00. The molecule has 0 aromatic heterocycles. The summed E-state index contributed by atoms with van der Waals surface area (Å²) in [5, 5.41) is 8.30. The maximum absolute atomic E-state index is 12.1. The third-order valence-electron chi connectivity index (χ3n) is 1.99. The van der Waals surface area contributed by atoms with E-state index < -0.39 is 12.6 Å². The molecule has 0 N–H and O–H groups in total. The standard InChI is InChI=1S/C12H11F2NO3/c13-12(14)18-10-6-2-1-5-9(10)11(16)17-8-4-3-7-15/h1-2,5-6,12H,3-4,8H2. The van der Waals surface area contributed by atoms with E-state index in [4.69, 9.17) is 10.00 Å². The zero-order valence-electron chi connectivity index (χ0n) is 9.44. The molecule has 18 heavy (non-hydrogen) atoms.